The van der Waals surface area contributed by atoms with Crippen molar-refractivity contribution < 1.29 is 19.8 Å². The number of thioether (sulfide) groups is 1. The smallest absolute Gasteiger partial charge is 0.306 e. The second-order valence-corrected chi connectivity index (χ2v) is 6.29. The van der Waals surface area contributed by atoms with E-state index in [-0.39, 0.29) is 23.6 Å². The number of carbonyl (C=O) groups excluding carboxylic acids is 1. The third-order valence-corrected chi connectivity index (χ3v) is 4.66. The fourth-order valence-electron chi connectivity index (χ4n) is 2.45. The molecular weight excluding hydrogens is 290 g/mol. The zero-order chi connectivity index (χ0) is 15.2. The molecule has 0 bridgehead atoms. The highest BCUT2D eigenvalue weighted by Gasteiger charge is 2.26. The molecule has 1 aliphatic carbocycles. The van der Waals surface area contributed by atoms with Crippen molar-refractivity contribution in [2.24, 2.45) is 5.92 Å². The van der Waals surface area contributed by atoms with E-state index in [1.807, 2.05) is 0 Å². The molecule has 1 amide bonds. The summed E-state index contributed by atoms with van der Waals surface area (Å²) in [6.45, 7) is 0. The maximum Gasteiger partial charge on any atom is 0.306 e. The molecule has 2 rings (SSSR count). The van der Waals surface area contributed by atoms with Crippen molar-refractivity contribution >= 4 is 23.6 Å². The number of phenols is 1. The minimum Gasteiger partial charge on any atom is -0.508 e. The van der Waals surface area contributed by atoms with E-state index in [0.717, 1.165) is 17.7 Å². The minimum absolute atomic E-state index is 0.0353. The van der Waals surface area contributed by atoms with Gasteiger partial charge >= 0.3 is 5.97 Å². The van der Waals surface area contributed by atoms with Crippen molar-refractivity contribution in [1.82, 2.24) is 5.32 Å². The quantitative estimate of drug-likeness (QED) is 0.726. The van der Waals surface area contributed by atoms with E-state index >= 15 is 0 Å². The third kappa shape index (κ3) is 4.97. The second kappa shape index (κ2) is 7.36. The average Bonchev–Trinajstić information content (AvgIpc) is 2.47. The number of carboxylic acids is 1. The predicted molar refractivity (Wildman–Crippen MR) is 80.4 cm³/mol. The van der Waals surface area contributed by atoms with Crippen LogP contribution in [0.25, 0.3) is 0 Å². The molecule has 1 saturated carbocycles. The van der Waals surface area contributed by atoms with Gasteiger partial charge in [0.25, 0.3) is 0 Å². The first-order valence-electron chi connectivity index (χ1n) is 6.98. The number of benzene rings is 1. The number of phenolic OH excluding ortho intramolecular Hbond substituents is 1. The van der Waals surface area contributed by atoms with Gasteiger partial charge in [0, 0.05) is 10.9 Å². The lowest BCUT2D eigenvalue weighted by Crippen LogP contribution is -2.39. The van der Waals surface area contributed by atoms with Crippen LogP contribution in [0.4, 0.5) is 0 Å². The van der Waals surface area contributed by atoms with Crippen LogP contribution in [0.3, 0.4) is 0 Å². The van der Waals surface area contributed by atoms with Gasteiger partial charge in [0.1, 0.15) is 5.75 Å². The van der Waals surface area contributed by atoms with Gasteiger partial charge in [-0.15, -0.1) is 11.8 Å². The van der Waals surface area contributed by atoms with Gasteiger partial charge in [-0.2, -0.15) is 0 Å². The third-order valence-electron chi connectivity index (χ3n) is 3.65. The summed E-state index contributed by atoms with van der Waals surface area (Å²) < 4.78 is 0. The van der Waals surface area contributed by atoms with E-state index in [9.17, 15) is 14.7 Å². The molecule has 0 heterocycles. The number of rotatable bonds is 5. The molecule has 1 aromatic carbocycles. The van der Waals surface area contributed by atoms with Crippen LogP contribution in [-0.4, -0.2) is 33.9 Å². The van der Waals surface area contributed by atoms with Crippen molar-refractivity contribution in [2.45, 2.75) is 36.6 Å². The maximum absolute atomic E-state index is 11.9. The average molecular weight is 309 g/mol. The molecule has 1 aliphatic rings. The molecule has 3 N–H and O–H groups in total. The monoisotopic (exact) mass is 309 g/mol. The Balaban J connectivity index is 1.70. The fraction of sp³-hybridized carbons (Fsp3) is 0.467. The molecule has 0 aliphatic heterocycles. The first-order valence-corrected chi connectivity index (χ1v) is 7.97. The molecule has 0 saturated heterocycles. The Kier molecular flexibility index (Phi) is 5.50. The van der Waals surface area contributed by atoms with Gasteiger partial charge in [0.15, 0.2) is 0 Å². The summed E-state index contributed by atoms with van der Waals surface area (Å²) in [5.41, 5.74) is 0. The Morgan fingerprint density at radius 3 is 2.33 bits per heavy atom. The van der Waals surface area contributed by atoms with Crippen LogP contribution in [0.1, 0.15) is 25.7 Å². The first-order chi connectivity index (χ1) is 10.0. The molecular formula is C15H19NO4S. The standard InChI is InChI=1S/C15H19NO4S/c17-12-5-7-13(8-6-12)21-9-14(18)16-11-3-1-10(2-4-11)15(19)20/h5-8,10-11,17H,1-4,9H2,(H,16,18)(H,19,20). The van der Waals surface area contributed by atoms with Crippen molar-refractivity contribution in [3.8, 4) is 5.75 Å². The number of nitrogens with one attached hydrogen (secondary N) is 1. The topological polar surface area (TPSA) is 86.6 Å². The van der Waals surface area contributed by atoms with Crippen LogP contribution in [0.5, 0.6) is 5.75 Å². The number of hydrogen-bond acceptors (Lipinski definition) is 4. The van der Waals surface area contributed by atoms with Gasteiger partial charge in [-0.25, -0.2) is 0 Å². The van der Waals surface area contributed by atoms with Gasteiger partial charge in [0.2, 0.25) is 5.91 Å². The van der Waals surface area contributed by atoms with E-state index in [2.05, 4.69) is 5.32 Å². The van der Waals surface area contributed by atoms with E-state index in [1.54, 1.807) is 24.3 Å². The Morgan fingerprint density at radius 2 is 1.76 bits per heavy atom. The van der Waals surface area contributed by atoms with Crippen LogP contribution in [0.2, 0.25) is 0 Å². The first kappa shape index (κ1) is 15.7. The molecule has 6 heteroatoms. The van der Waals surface area contributed by atoms with E-state index < -0.39 is 5.97 Å². The number of carboxylic acid groups (broad SMARTS) is 1. The molecule has 114 valence electrons. The second-order valence-electron chi connectivity index (χ2n) is 5.24. The number of carbonyl (C=O) groups is 2. The lowest BCUT2D eigenvalue weighted by Gasteiger charge is -2.26. The zero-order valence-corrected chi connectivity index (χ0v) is 12.4. The summed E-state index contributed by atoms with van der Waals surface area (Å²) >= 11 is 1.41. The Morgan fingerprint density at radius 1 is 1.14 bits per heavy atom. The SMILES string of the molecule is O=C(CSc1ccc(O)cc1)NC1CCC(C(=O)O)CC1. The number of amides is 1. The minimum atomic E-state index is -0.734. The summed E-state index contributed by atoms with van der Waals surface area (Å²) in [5, 5.41) is 21.1. The fourth-order valence-corrected chi connectivity index (χ4v) is 3.15. The molecule has 1 aromatic rings. The summed E-state index contributed by atoms with van der Waals surface area (Å²) in [7, 11) is 0. The van der Waals surface area contributed by atoms with Gasteiger partial charge in [-0.3, -0.25) is 9.59 Å². The largest absolute Gasteiger partial charge is 0.508 e. The highest BCUT2D eigenvalue weighted by Crippen LogP contribution is 2.25. The van der Waals surface area contributed by atoms with Crippen LogP contribution < -0.4 is 5.32 Å². The van der Waals surface area contributed by atoms with Crippen molar-refractivity contribution in [1.29, 1.82) is 0 Å². The highest BCUT2D eigenvalue weighted by molar-refractivity contribution is 8.00. The summed E-state index contributed by atoms with van der Waals surface area (Å²) in [6.07, 6.45) is 2.72. The van der Waals surface area contributed by atoms with Gasteiger partial charge in [0.05, 0.1) is 11.7 Å². The normalized spacial score (nSPS) is 21.7. The lowest BCUT2D eigenvalue weighted by atomic mass is 9.86. The number of hydrogen-bond donors (Lipinski definition) is 3. The number of aliphatic carboxylic acids is 1. The molecule has 21 heavy (non-hydrogen) atoms. The van der Waals surface area contributed by atoms with E-state index in [1.165, 1.54) is 11.8 Å². The summed E-state index contributed by atoms with van der Waals surface area (Å²) in [5.74, 6) is -0.498. The van der Waals surface area contributed by atoms with Gasteiger partial charge in [-0.05, 0) is 49.9 Å². The molecule has 0 unspecified atom stereocenters. The van der Waals surface area contributed by atoms with Crippen molar-refractivity contribution in [3.05, 3.63) is 24.3 Å². The summed E-state index contributed by atoms with van der Waals surface area (Å²) in [4.78, 5) is 23.7. The predicted octanol–water partition coefficient (Wildman–Crippen LogP) is 2.24. The number of aromatic hydroxyl groups is 1. The van der Waals surface area contributed by atoms with Crippen LogP contribution in [-0.2, 0) is 9.59 Å². The molecule has 1 fully saturated rings. The van der Waals surface area contributed by atoms with Crippen LogP contribution in [0, 0.1) is 5.92 Å². The van der Waals surface area contributed by atoms with Gasteiger partial charge < -0.3 is 15.5 Å². The van der Waals surface area contributed by atoms with E-state index in [4.69, 9.17) is 5.11 Å². The van der Waals surface area contributed by atoms with Crippen LogP contribution in [0.15, 0.2) is 29.2 Å². The van der Waals surface area contributed by atoms with E-state index in [0.29, 0.717) is 18.6 Å². The molecule has 0 radical (unpaired) electrons. The molecule has 0 spiro atoms. The maximum atomic E-state index is 11.9. The van der Waals surface area contributed by atoms with Crippen molar-refractivity contribution in [2.75, 3.05) is 5.75 Å². The molecule has 0 atom stereocenters. The summed E-state index contributed by atoms with van der Waals surface area (Å²) in [6, 6.07) is 6.81. The Hall–Kier alpha value is -1.69. The molecule has 5 nitrogen and oxygen atoms in total. The van der Waals surface area contributed by atoms with Gasteiger partial charge in [-0.1, -0.05) is 0 Å². The Labute approximate surface area is 127 Å². The Bertz CT molecular complexity index is 495. The highest BCUT2D eigenvalue weighted by atomic mass is 32.2. The van der Waals surface area contributed by atoms with Crippen molar-refractivity contribution in [3.63, 3.8) is 0 Å². The van der Waals surface area contributed by atoms with Crippen LogP contribution >= 0.6 is 11.8 Å². The lowest BCUT2D eigenvalue weighted by molar-refractivity contribution is -0.142. The molecule has 0 aromatic heterocycles. The zero-order valence-electron chi connectivity index (χ0n) is 11.6.